The van der Waals surface area contributed by atoms with Crippen molar-refractivity contribution in [1.82, 2.24) is 0 Å². The molecule has 0 saturated carbocycles. The van der Waals surface area contributed by atoms with Gasteiger partial charge in [0.25, 0.3) is 5.03 Å². The Kier molecular flexibility index (Phi) is 12.9. The van der Waals surface area contributed by atoms with E-state index in [1.807, 2.05) is 56.3 Å². The lowest BCUT2D eigenvalue weighted by Crippen LogP contribution is -2.10. The molecule has 8 aromatic rings. The summed E-state index contributed by atoms with van der Waals surface area (Å²) in [5, 5.41) is 9.49. The molecule has 0 aliphatic rings. The third-order valence-corrected chi connectivity index (χ3v) is 14.3. The second-order valence-corrected chi connectivity index (χ2v) is 19.3. The van der Waals surface area contributed by atoms with Crippen LogP contribution < -0.4 is 9.80 Å². The molecule has 0 aliphatic heterocycles. The number of sulfone groups is 2. The number of nitriles is 1. The molecule has 0 atom stereocenters. The van der Waals surface area contributed by atoms with E-state index in [2.05, 4.69) is 112 Å². The maximum atomic E-state index is 13.2. The van der Waals surface area contributed by atoms with Gasteiger partial charge in [-0.2, -0.15) is 5.26 Å². The van der Waals surface area contributed by atoms with Gasteiger partial charge in [-0.1, -0.05) is 120 Å². The molecule has 8 nitrogen and oxygen atoms in total. The first-order valence-corrected chi connectivity index (χ1v) is 23.9. The van der Waals surface area contributed by atoms with Crippen molar-refractivity contribution in [3.63, 3.8) is 0 Å². The van der Waals surface area contributed by atoms with Gasteiger partial charge in [-0.25, -0.2) is 21.7 Å². The third-order valence-electron chi connectivity index (χ3n) is 11.0. The number of anilines is 6. The molecular formula is C56H42N4O4S2. The first kappa shape index (κ1) is 44.3. The molecule has 0 aromatic heterocycles. The number of hydrogen-bond acceptors (Lipinski definition) is 7. The van der Waals surface area contributed by atoms with E-state index in [9.17, 15) is 22.1 Å². The van der Waals surface area contributed by atoms with Gasteiger partial charge in [-0.05, 0) is 145 Å². The summed E-state index contributed by atoms with van der Waals surface area (Å²) in [6, 6.07) is 65.7. The molecular weight excluding hydrogens is 857 g/mol. The first-order valence-electron chi connectivity index (χ1n) is 20.9. The van der Waals surface area contributed by atoms with Crippen molar-refractivity contribution in [3.8, 4) is 17.2 Å². The average molecular weight is 899 g/mol. The number of aryl methyl sites for hydroxylation is 2. The summed E-state index contributed by atoms with van der Waals surface area (Å²) in [6.07, 6.45) is 2.80. The lowest BCUT2D eigenvalue weighted by molar-refractivity contribution is 0.601. The standard InChI is InChI=1S/C56H42N4O4S2/c1-41-14-26-47(27-15-41)59(49-30-18-43(19-31-49)38-55(40-57)65(61,62)53-10-6-4-7-11-53)51-34-22-45(23-35-51)46-24-36-52(37-25-46)60(48-28-16-42(2)17-29-48)50-32-20-44(21-33-50)39-56(58-3)66(63,64)54-12-8-5-9-13-54/h4-39H,1-2H3/b55-38-,56-39-. The van der Waals surface area contributed by atoms with Crippen molar-refractivity contribution < 1.29 is 16.8 Å². The molecule has 8 rings (SSSR count). The number of benzene rings is 8. The number of hydrogen-bond donors (Lipinski definition) is 0. The topological polar surface area (TPSA) is 103 Å². The zero-order valence-electron chi connectivity index (χ0n) is 36.0. The summed E-state index contributed by atoms with van der Waals surface area (Å²) in [7, 11) is -7.96. The van der Waals surface area contributed by atoms with Crippen molar-refractivity contribution in [2.75, 3.05) is 9.80 Å². The Morgan fingerprint density at radius 2 is 0.773 bits per heavy atom. The van der Waals surface area contributed by atoms with Crippen LogP contribution in [0.1, 0.15) is 22.3 Å². The maximum absolute atomic E-state index is 13.2. The fourth-order valence-electron chi connectivity index (χ4n) is 7.41. The van der Waals surface area contributed by atoms with Crippen LogP contribution in [0.25, 0.3) is 28.1 Å². The highest BCUT2D eigenvalue weighted by Crippen LogP contribution is 2.39. The highest BCUT2D eigenvalue weighted by Gasteiger charge is 2.23. The van der Waals surface area contributed by atoms with Crippen molar-refractivity contribution in [3.05, 3.63) is 250 Å². The van der Waals surface area contributed by atoms with E-state index >= 15 is 0 Å². The molecule has 0 bridgehead atoms. The van der Waals surface area contributed by atoms with Gasteiger partial charge in [0.1, 0.15) is 11.0 Å². The third kappa shape index (κ3) is 9.62. The summed E-state index contributed by atoms with van der Waals surface area (Å²) in [4.78, 5) is 7.43. The minimum atomic E-state index is -3.98. The summed E-state index contributed by atoms with van der Waals surface area (Å²) in [5.41, 5.74) is 10.9. The van der Waals surface area contributed by atoms with Crippen LogP contribution in [0.3, 0.4) is 0 Å². The second-order valence-electron chi connectivity index (χ2n) is 15.5. The molecule has 10 heteroatoms. The lowest BCUT2D eigenvalue weighted by atomic mass is 10.0. The summed E-state index contributed by atoms with van der Waals surface area (Å²) in [6.45, 7) is 11.7. The minimum Gasteiger partial charge on any atom is -0.311 e. The first-order chi connectivity index (χ1) is 31.9. The molecule has 0 spiro atoms. The second kappa shape index (κ2) is 19.2. The SMILES string of the molecule is [C-]#[N+]/C(=C/c1ccc(N(c2ccc(C)cc2)c2ccc(-c3ccc(N(c4ccc(C)cc4)c4ccc(/C=C(/C#N)S(=O)(=O)c5ccccc5)cc4)cc3)cc2)cc1)S(=O)(=O)c1ccccc1. The monoisotopic (exact) mass is 898 g/mol. The van der Waals surface area contributed by atoms with Crippen LogP contribution in [0.2, 0.25) is 0 Å². The normalized spacial score (nSPS) is 11.9. The zero-order valence-corrected chi connectivity index (χ0v) is 37.7. The van der Waals surface area contributed by atoms with Crippen molar-refractivity contribution >= 4 is 66.0 Å². The molecule has 0 amide bonds. The quantitative estimate of drug-likeness (QED) is 0.0838. The van der Waals surface area contributed by atoms with Gasteiger partial charge in [0, 0.05) is 34.1 Å². The van der Waals surface area contributed by atoms with Crippen LogP contribution in [-0.2, 0) is 19.7 Å². The predicted molar refractivity (Wildman–Crippen MR) is 266 cm³/mol. The van der Waals surface area contributed by atoms with Gasteiger partial charge >= 0.3 is 0 Å². The van der Waals surface area contributed by atoms with E-state index < -0.39 is 19.7 Å². The molecule has 0 heterocycles. The van der Waals surface area contributed by atoms with Gasteiger partial charge in [-0.15, -0.1) is 0 Å². The van der Waals surface area contributed by atoms with E-state index in [-0.39, 0.29) is 19.7 Å². The molecule has 0 fully saturated rings. The Balaban J connectivity index is 1.07. The average Bonchev–Trinajstić information content (AvgIpc) is 3.35. The van der Waals surface area contributed by atoms with Crippen LogP contribution in [0.4, 0.5) is 34.1 Å². The smallest absolute Gasteiger partial charge is 0.283 e. The Morgan fingerprint density at radius 3 is 1.12 bits per heavy atom. The number of rotatable bonds is 13. The Hall–Kier alpha value is -8.28. The minimum absolute atomic E-state index is 0.0649. The van der Waals surface area contributed by atoms with Gasteiger partial charge in [-0.3, -0.25) is 0 Å². The fourth-order valence-corrected chi connectivity index (χ4v) is 9.76. The van der Waals surface area contributed by atoms with E-state index in [4.69, 9.17) is 6.57 Å². The van der Waals surface area contributed by atoms with Gasteiger partial charge < -0.3 is 9.80 Å². The molecule has 0 N–H and O–H groups in total. The van der Waals surface area contributed by atoms with Gasteiger partial charge in [0.05, 0.1) is 16.4 Å². The Morgan fingerprint density at radius 1 is 0.455 bits per heavy atom. The highest BCUT2D eigenvalue weighted by atomic mass is 32.2. The van der Waals surface area contributed by atoms with Crippen LogP contribution in [-0.4, -0.2) is 16.8 Å². The Bertz CT molecular complexity index is 3130. The van der Waals surface area contributed by atoms with Crippen molar-refractivity contribution in [1.29, 1.82) is 5.26 Å². The van der Waals surface area contributed by atoms with E-state index in [0.29, 0.717) is 11.1 Å². The summed E-state index contributed by atoms with van der Waals surface area (Å²) >= 11 is 0. The predicted octanol–water partition coefficient (Wildman–Crippen LogP) is 13.9. The van der Waals surface area contributed by atoms with E-state index in [1.165, 1.54) is 36.4 Å². The summed E-state index contributed by atoms with van der Waals surface area (Å²) < 4.78 is 52.9. The molecule has 0 aliphatic carbocycles. The van der Waals surface area contributed by atoms with Crippen molar-refractivity contribution in [2.45, 2.75) is 23.6 Å². The fraction of sp³-hybridized carbons (Fsp3) is 0.0357. The van der Waals surface area contributed by atoms with Gasteiger partial charge in [0.15, 0.2) is 0 Å². The molecule has 66 heavy (non-hydrogen) atoms. The van der Waals surface area contributed by atoms with Crippen LogP contribution >= 0.6 is 0 Å². The van der Waals surface area contributed by atoms with Crippen LogP contribution in [0.15, 0.2) is 226 Å². The molecule has 322 valence electrons. The molecule has 8 aromatic carbocycles. The molecule has 0 saturated heterocycles. The lowest BCUT2D eigenvalue weighted by Gasteiger charge is -2.26. The zero-order chi connectivity index (χ0) is 46.3. The molecule has 0 unspecified atom stereocenters. The van der Waals surface area contributed by atoms with Crippen LogP contribution in [0, 0.1) is 31.8 Å². The molecule has 0 radical (unpaired) electrons. The number of nitrogens with zero attached hydrogens (tertiary/aromatic N) is 4. The summed E-state index contributed by atoms with van der Waals surface area (Å²) in [5.74, 6) is 0. The van der Waals surface area contributed by atoms with E-state index in [0.717, 1.165) is 56.4 Å². The largest absolute Gasteiger partial charge is 0.311 e. The van der Waals surface area contributed by atoms with Gasteiger partial charge in [0.2, 0.25) is 19.7 Å². The number of allylic oxidation sites excluding steroid dienone is 1. The van der Waals surface area contributed by atoms with E-state index in [1.54, 1.807) is 48.5 Å². The van der Waals surface area contributed by atoms with Crippen molar-refractivity contribution in [2.24, 2.45) is 0 Å². The highest BCUT2D eigenvalue weighted by molar-refractivity contribution is 7.96. The maximum Gasteiger partial charge on any atom is 0.283 e. The van der Waals surface area contributed by atoms with Crippen LogP contribution in [0.5, 0.6) is 0 Å². The Labute approximate surface area is 386 Å².